The van der Waals surface area contributed by atoms with Gasteiger partial charge in [0.15, 0.2) is 0 Å². The van der Waals surface area contributed by atoms with E-state index in [9.17, 15) is 14.7 Å². The fourth-order valence-corrected chi connectivity index (χ4v) is 4.41. The third kappa shape index (κ3) is 4.18. The maximum absolute atomic E-state index is 13.0. The average Bonchev–Trinajstić information content (AvgIpc) is 3.27. The minimum Gasteiger partial charge on any atom is -0.481 e. The number of nitrogens with zero attached hydrogens (tertiary/aromatic N) is 3. The highest BCUT2D eigenvalue weighted by Gasteiger charge is 2.41. The Bertz CT molecular complexity index is 677. The quantitative estimate of drug-likeness (QED) is 0.823. The van der Waals surface area contributed by atoms with Crippen LogP contribution in [0.1, 0.15) is 56.1 Å². The van der Waals surface area contributed by atoms with Crippen LogP contribution >= 0.6 is 0 Å². The van der Waals surface area contributed by atoms with Crippen LogP contribution in [-0.4, -0.2) is 57.5 Å². The average molecular weight is 377 g/mol. The highest BCUT2D eigenvalue weighted by atomic mass is 16.5. The lowest BCUT2D eigenvalue weighted by molar-refractivity contribution is -0.145. The van der Waals surface area contributed by atoms with Crippen molar-refractivity contribution in [2.45, 2.75) is 59.1 Å². The molecule has 1 aromatic rings. The van der Waals surface area contributed by atoms with Gasteiger partial charge in [0, 0.05) is 26.2 Å². The lowest BCUT2D eigenvalue weighted by atomic mass is 9.84. The number of carbonyl (C=O) groups excluding carboxylic acids is 1. The Morgan fingerprint density at radius 2 is 2.00 bits per heavy atom. The van der Waals surface area contributed by atoms with Gasteiger partial charge in [-0.1, -0.05) is 20.8 Å². The molecule has 3 heterocycles. The molecule has 2 aliphatic rings. The van der Waals surface area contributed by atoms with Gasteiger partial charge in [-0.25, -0.2) is 0 Å². The summed E-state index contributed by atoms with van der Waals surface area (Å²) < 4.78 is 7.68. The zero-order valence-corrected chi connectivity index (χ0v) is 16.6. The Morgan fingerprint density at radius 1 is 1.30 bits per heavy atom. The first-order valence-corrected chi connectivity index (χ1v) is 10.1. The molecule has 2 aliphatic heterocycles. The van der Waals surface area contributed by atoms with E-state index in [0.29, 0.717) is 37.6 Å². The first kappa shape index (κ1) is 19.9. The third-order valence-corrected chi connectivity index (χ3v) is 5.80. The summed E-state index contributed by atoms with van der Waals surface area (Å²) >= 11 is 0. The fraction of sp³-hybridized carbons (Fsp3) is 0.750. The zero-order chi connectivity index (χ0) is 19.6. The van der Waals surface area contributed by atoms with Crippen molar-refractivity contribution in [2.24, 2.45) is 17.8 Å². The number of aliphatic carboxylic acids is 1. The van der Waals surface area contributed by atoms with E-state index in [1.54, 1.807) is 6.20 Å². The second kappa shape index (κ2) is 8.42. The highest BCUT2D eigenvalue weighted by Crippen LogP contribution is 2.33. The normalized spacial score (nSPS) is 23.9. The summed E-state index contributed by atoms with van der Waals surface area (Å²) in [6.07, 6.45) is 4.45. The van der Waals surface area contributed by atoms with Crippen LogP contribution in [0.15, 0.2) is 6.20 Å². The second-order valence-electron chi connectivity index (χ2n) is 8.13. The molecule has 1 N–H and O–H groups in total. The summed E-state index contributed by atoms with van der Waals surface area (Å²) in [4.78, 5) is 26.3. The number of carboxylic acids is 1. The molecule has 1 unspecified atom stereocenters. The van der Waals surface area contributed by atoms with Crippen molar-refractivity contribution in [3.63, 3.8) is 0 Å². The van der Waals surface area contributed by atoms with Gasteiger partial charge in [0.1, 0.15) is 0 Å². The van der Waals surface area contributed by atoms with Crippen LogP contribution in [0.2, 0.25) is 0 Å². The van der Waals surface area contributed by atoms with E-state index >= 15 is 0 Å². The number of rotatable bonds is 6. The molecule has 1 aromatic heterocycles. The topological polar surface area (TPSA) is 84.7 Å². The largest absolute Gasteiger partial charge is 0.481 e. The number of hydrogen-bond donors (Lipinski definition) is 1. The summed E-state index contributed by atoms with van der Waals surface area (Å²) in [5.41, 5.74) is 1.71. The SMILES string of the molecule is CCc1c(C(=O)N2CCC([C@@H]3OCCC3C(=O)O)CC2)cnn1CC(C)C. The molecule has 150 valence electrons. The number of hydrogen-bond acceptors (Lipinski definition) is 4. The molecule has 2 atom stereocenters. The second-order valence-corrected chi connectivity index (χ2v) is 8.13. The molecule has 2 fully saturated rings. The Hall–Kier alpha value is -1.89. The van der Waals surface area contributed by atoms with E-state index in [-0.39, 0.29) is 17.9 Å². The van der Waals surface area contributed by atoms with Gasteiger partial charge in [-0.15, -0.1) is 0 Å². The lowest BCUT2D eigenvalue weighted by Gasteiger charge is -2.35. The van der Waals surface area contributed by atoms with Gasteiger partial charge in [0.05, 0.1) is 29.5 Å². The van der Waals surface area contributed by atoms with E-state index in [1.807, 2.05) is 9.58 Å². The van der Waals surface area contributed by atoms with Gasteiger partial charge < -0.3 is 14.7 Å². The smallest absolute Gasteiger partial charge is 0.309 e. The predicted octanol–water partition coefficient (Wildman–Crippen LogP) is 2.44. The van der Waals surface area contributed by atoms with E-state index in [0.717, 1.165) is 31.5 Å². The van der Waals surface area contributed by atoms with Crippen molar-refractivity contribution < 1.29 is 19.4 Å². The van der Waals surface area contributed by atoms with Crippen LogP contribution in [0.25, 0.3) is 0 Å². The molecule has 0 aromatic carbocycles. The number of amides is 1. The Labute approximate surface area is 160 Å². The van der Waals surface area contributed by atoms with Crippen LogP contribution in [0, 0.1) is 17.8 Å². The summed E-state index contributed by atoms with van der Waals surface area (Å²) in [7, 11) is 0. The first-order chi connectivity index (χ1) is 12.9. The molecule has 7 heteroatoms. The molecule has 7 nitrogen and oxygen atoms in total. The van der Waals surface area contributed by atoms with Crippen molar-refractivity contribution in [1.82, 2.24) is 14.7 Å². The van der Waals surface area contributed by atoms with Crippen molar-refractivity contribution in [3.05, 3.63) is 17.5 Å². The molecular weight excluding hydrogens is 346 g/mol. The van der Waals surface area contributed by atoms with Crippen LogP contribution in [0.3, 0.4) is 0 Å². The van der Waals surface area contributed by atoms with E-state index < -0.39 is 11.9 Å². The molecule has 2 saturated heterocycles. The Kier molecular flexibility index (Phi) is 6.19. The van der Waals surface area contributed by atoms with Gasteiger partial charge in [-0.3, -0.25) is 14.3 Å². The van der Waals surface area contributed by atoms with Gasteiger partial charge >= 0.3 is 5.97 Å². The number of likely N-dealkylation sites (tertiary alicyclic amines) is 1. The number of ether oxygens (including phenoxy) is 1. The summed E-state index contributed by atoms with van der Waals surface area (Å²) in [5.74, 6) is -0.434. The lowest BCUT2D eigenvalue weighted by Crippen LogP contribution is -2.43. The zero-order valence-electron chi connectivity index (χ0n) is 16.6. The molecule has 0 spiro atoms. The molecule has 0 saturated carbocycles. The van der Waals surface area contributed by atoms with Gasteiger partial charge in [0.2, 0.25) is 0 Å². The van der Waals surface area contributed by atoms with Gasteiger partial charge in [0.25, 0.3) is 5.91 Å². The molecule has 0 aliphatic carbocycles. The van der Waals surface area contributed by atoms with Crippen molar-refractivity contribution >= 4 is 11.9 Å². The minimum atomic E-state index is -0.763. The monoisotopic (exact) mass is 377 g/mol. The van der Waals surface area contributed by atoms with Crippen molar-refractivity contribution in [3.8, 4) is 0 Å². The van der Waals surface area contributed by atoms with E-state index in [4.69, 9.17) is 4.74 Å². The summed E-state index contributed by atoms with van der Waals surface area (Å²) in [6, 6.07) is 0. The number of carboxylic acid groups (broad SMARTS) is 1. The molecular formula is C20H31N3O4. The number of aromatic nitrogens is 2. The van der Waals surface area contributed by atoms with E-state index in [1.165, 1.54) is 0 Å². The number of carbonyl (C=O) groups is 2. The molecule has 3 rings (SSSR count). The van der Waals surface area contributed by atoms with Crippen LogP contribution in [-0.2, 0) is 22.5 Å². The minimum absolute atomic E-state index is 0.0439. The molecule has 0 radical (unpaired) electrons. The summed E-state index contributed by atoms with van der Waals surface area (Å²) in [5, 5.41) is 13.8. The molecule has 0 bridgehead atoms. The predicted molar refractivity (Wildman–Crippen MR) is 101 cm³/mol. The van der Waals surface area contributed by atoms with Crippen molar-refractivity contribution in [2.75, 3.05) is 19.7 Å². The van der Waals surface area contributed by atoms with Crippen LogP contribution in [0.5, 0.6) is 0 Å². The molecule has 1 amide bonds. The van der Waals surface area contributed by atoms with Crippen LogP contribution in [0.4, 0.5) is 0 Å². The summed E-state index contributed by atoms with van der Waals surface area (Å²) in [6.45, 7) is 8.97. The standard InChI is InChI=1S/C20H31N3O4/c1-4-17-16(11-21-23(17)12-13(2)3)19(24)22-8-5-14(6-9-22)18-15(20(25)26)7-10-27-18/h11,13-15,18H,4-10,12H2,1-3H3,(H,25,26)/t15?,18-/m0/s1. The van der Waals surface area contributed by atoms with Gasteiger partial charge in [-0.2, -0.15) is 5.10 Å². The Morgan fingerprint density at radius 3 is 2.59 bits per heavy atom. The fourth-order valence-electron chi connectivity index (χ4n) is 4.41. The highest BCUT2D eigenvalue weighted by molar-refractivity contribution is 5.95. The maximum Gasteiger partial charge on any atom is 0.309 e. The number of piperidine rings is 1. The third-order valence-electron chi connectivity index (χ3n) is 5.80. The van der Waals surface area contributed by atoms with Crippen molar-refractivity contribution in [1.29, 1.82) is 0 Å². The maximum atomic E-state index is 13.0. The molecule has 27 heavy (non-hydrogen) atoms. The first-order valence-electron chi connectivity index (χ1n) is 10.1. The van der Waals surface area contributed by atoms with E-state index in [2.05, 4.69) is 25.9 Å². The Balaban J connectivity index is 1.64. The van der Waals surface area contributed by atoms with Gasteiger partial charge in [-0.05, 0) is 37.5 Å². The van der Waals surface area contributed by atoms with Crippen LogP contribution < -0.4 is 0 Å².